The lowest BCUT2D eigenvalue weighted by molar-refractivity contribution is -0.385. The number of nitro benzene ring substituents is 1. The second-order valence-electron chi connectivity index (χ2n) is 4.54. The molecule has 0 aliphatic carbocycles. The summed E-state index contributed by atoms with van der Waals surface area (Å²) >= 11 is 0. The van der Waals surface area contributed by atoms with Crippen LogP contribution in [0.15, 0.2) is 30.3 Å². The predicted octanol–water partition coefficient (Wildman–Crippen LogP) is 2.68. The van der Waals surface area contributed by atoms with Crippen LogP contribution in [-0.4, -0.2) is 15.7 Å². The molecule has 0 aliphatic rings. The molecule has 1 heterocycles. The number of nitrogens with two attached hydrogens (primary N) is 1. The predicted molar refractivity (Wildman–Crippen MR) is 77.9 cm³/mol. The van der Waals surface area contributed by atoms with E-state index in [0.717, 1.165) is 0 Å². The Kier molecular flexibility index (Phi) is 3.84. The molecule has 0 amide bonds. The van der Waals surface area contributed by atoms with Crippen LogP contribution in [0, 0.1) is 29.4 Å². The second-order valence-corrected chi connectivity index (χ2v) is 4.54. The van der Waals surface area contributed by atoms with Crippen molar-refractivity contribution in [2.45, 2.75) is 13.8 Å². The van der Waals surface area contributed by atoms with Gasteiger partial charge in [0.25, 0.3) is 5.69 Å². The summed E-state index contributed by atoms with van der Waals surface area (Å²) in [6.07, 6.45) is 0. The maximum absolute atomic E-state index is 10.9. The van der Waals surface area contributed by atoms with Gasteiger partial charge in [-0.15, -0.1) is 0 Å². The first-order chi connectivity index (χ1) is 9.88. The van der Waals surface area contributed by atoms with Gasteiger partial charge >= 0.3 is 0 Å². The van der Waals surface area contributed by atoms with E-state index in [1.54, 1.807) is 38.1 Å². The number of nitrogen functional groups attached to an aromatic ring is 1. The first kappa shape index (κ1) is 14.4. The lowest BCUT2D eigenvalue weighted by Gasteiger charge is -2.10. The number of nitrogens with one attached hydrogen (secondary N) is 1. The van der Waals surface area contributed by atoms with Gasteiger partial charge in [-0.3, -0.25) is 15.5 Å². The Labute approximate surface area is 121 Å². The summed E-state index contributed by atoms with van der Waals surface area (Å²) in [5.74, 6) is 0.599. The zero-order valence-electron chi connectivity index (χ0n) is 11.6. The van der Waals surface area contributed by atoms with Crippen LogP contribution >= 0.6 is 0 Å². The van der Waals surface area contributed by atoms with Gasteiger partial charge < -0.3 is 10.5 Å². The molecular formula is C14H14N4O3. The van der Waals surface area contributed by atoms with Crippen molar-refractivity contribution in [3.05, 3.63) is 57.3 Å². The topological polar surface area (TPSA) is 115 Å². The molecule has 2 rings (SSSR count). The van der Waals surface area contributed by atoms with E-state index in [-0.39, 0.29) is 17.4 Å². The maximum atomic E-state index is 10.9. The number of aryl methyl sites for hydroxylation is 2. The molecule has 2 aromatic rings. The van der Waals surface area contributed by atoms with Crippen LogP contribution in [0.1, 0.15) is 16.8 Å². The van der Waals surface area contributed by atoms with Crippen LogP contribution in [0.5, 0.6) is 11.6 Å². The normalized spacial score (nSPS) is 10.2. The number of pyridine rings is 1. The van der Waals surface area contributed by atoms with Gasteiger partial charge in [0.15, 0.2) is 0 Å². The van der Waals surface area contributed by atoms with Crippen molar-refractivity contribution >= 4 is 11.5 Å². The summed E-state index contributed by atoms with van der Waals surface area (Å²) in [5.41, 5.74) is 6.86. The summed E-state index contributed by atoms with van der Waals surface area (Å²) in [6, 6.07) is 7.95. The molecular weight excluding hydrogens is 272 g/mol. The highest BCUT2D eigenvalue weighted by atomic mass is 16.6. The minimum atomic E-state index is -0.430. The van der Waals surface area contributed by atoms with E-state index in [4.69, 9.17) is 15.9 Å². The van der Waals surface area contributed by atoms with E-state index in [9.17, 15) is 10.1 Å². The molecule has 0 radical (unpaired) electrons. The third-order valence-corrected chi connectivity index (χ3v) is 2.90. The van der Waals surface area contributed by atoms with E-state index in [1.807, 2.05) is 0 Å². The molecule has 3 N–H and O–H groups in total. The fraction of sp³-hybridized carbons (Fsp3) is 0.143. The monoisotopic (exact) mass is 286 g/mol. The number of amidine groups is 1. The Bertz CT molecular complexity index is 728. The third kappa shape index (κ3) is 3.14. The van der Waals surface area contributed by atoms with Crippen molar-refractivity contribution < 1.29 is 9.66 Å². The minimum Gasteiger partial charge on any atom is -0.439 e. The Morgan fingerprint density at radius 1 is 1.33 bits per heavy atom. The number of hydrogen-bond donors (Lipinski definition) is 2. The first-order valence-electron chi connectivity index (χ1n) is 6.13. The number of ether oxygens (including phenoxy) is 1. The molecule has 0 fully saturated rings. The largest absolute Gasteiger partial charge is 0.439 e. The van der Waals surface area contributed by atoms with E-state index >= 15 is 0 Å². The molecule has 1 aromatic heterocycles. The van der Waals surface area contributed by atoms with Crippen molar-refractivity contribution in [1.29, 1.82) is 5.41 Å². The van der Waals surface area contributed by atoms with Crippen LogP contribution in [0.25, 0.3) is 0 Å². The fourth-order valence-corrected chi connectivity index (χ4v) is 1.82. The van der Waals surface area contributed by atoms with Crippen LogP contribution in [0.2, 0.25) is 0 Å². The van der Waals surface area contributed by atoms with Gasteiger partial charge in [-0.1, -0.05) is 6.07 Å². The highest BCUT2D eigenvalue weighted by molar-refractivity contribution is 5.93. The molecule has 1 aromatic carbocycles. The minimum absolute atomic E-state index is 0.0466. The zero-order valence-corrected chi connectivity index (χ0v) is 11.6. The molecule has 0 unspecified atom stereocenters. The van der Waals surface area contributed by atoms with Crippen LogP contribution in [-0.2, 0) is 0 Å². The summed E-state index contributed by atoms with van der Waals surface area (Å²) in [5, 5.41) is 18.2. The van der Waals surface area contributed by atoms with Gasteiger partial charge in [0.1, 0.15) is 17.3 Å². The molecule has 0 aliphatic heterocycles. The summed E-state index contributed by atoms with van der Waals surface area (Å²) in [7, 11) is 0. The maximum Gasteiger partial charge on any atom is 0.272 e. The Morgan fingerprint density at radius 2 is 2.05 bits per heavy atom. The SMILES string of the molecule is Cc1cc([N+](=O)[O-])c(C)cc1Oc1cccc(C(=N)N)n1. The van der Waals surface area contributed by atoms with Gasteiger partial charge in [0.05, 0.1) is 4.92 Å². The van der Waals surface area contributed by atoms with Crippen molar-refractivity contribution in [1.82, 2.24) is 4.98 Å². The summed E-state index contributed by atoms with van der Waals surface area (Å²) in [4.78, 5) is 14.5. The van der Waals surface area contributed by atoms with Gasteiger partial charge in [0, 0.05) is 17.7 Å². The number of nitro groups is 1. The lowest BCUT2D eigenvalue weighted by atomic mass is 10.1. The lowest BCUT2D eigenvalue weighted by Crippen LogP contribution is -2.13. The van der Waals surface area contributed by atoms with Gasteiger partial charge in [-0.2, -0.15) is 0 Å². The third-order valence-electron chi connectivity index (χ3n) is 2.90. The van der Waals surface area contributed by atoms with Gasteiger partial charge in [-0.25, -0.2) is 4.98 Å². The quantitative estimate of drug-likeness (QED) is 0.388. The van der Waals surface area contributed by atoms with Crippen molar-refractivity contribution in [3.8, 4) is 11.6 Å². The summed E-state index contributed by atoms with van der Waals surface area (Å²) in [6.45, 7) is 3.36. The van der Waals surface area contributed by atoms with E-state index in [2.05, 4.69) is 4.98 Å². The highest BCUT2D eigenvalue weighted by Crippen LogP contribution is 2.30. The van der Waals surface area contributed by atoms with Crippen LogP contribution in [0.3, 0.4) is 0 Å². The van der Waals surface area contributed by atoms with Crippen molar-refractivity contribution in [3.63, 3.8) is 0 Å². The zero-order chi connectivity index (χ0) is 15.6. The van der Waals surface area contributed by atoms with Crippen molar-refractivity contribution in [2.24, 2.45) is 5.73 Å². The van der Waals surface area contributed by atoms with Gasteiger partial charge in [-0.05, 0) is 31.5 Å². The molecule has 0 saturated carbocycles. The Balaban J connectivity index is 2.36. The number of rotatable bonds is 4. The van der Waals surface area contributed by atoms with Crippen molar-refractivity contribution in [2.75, 3.05) is 0 Å². The molecule has 0 spiro atoms. The standard InChI is InChI=1S/C14H14N4O3/c1-8-7-12(9(2)6-11(8)18(19)20)21-13-5-3-4-10(17-13)14(15)16/h3-7H,1-2H3,(H3,15,16). The Morgan fingerprint density at radius 3 is 2.67 bits per heavy atom. The average Bonchev–Trinajstić information content (AvgIpc) is 2.42. The van der Waals surface area contributed by atoms with E-state index in [0.29, 0.717) is 22.6 Å². The number of aromatic nitrogens is 1. The Hall–Kier alpha value is -2.96. The molecule has 0 bridgehead atoms. The molecule has 21 heavy (non-hydrogen) atoms. The number of benzene rings is 1. The molecule has 7 nitrogen and oxygen atoms in total. The molecule has 108 valence electrons. The van der Waals surface area contributed by atoms with Crippen LogP contribution < -0.4 is 10.5 Å². The molecule has 0 saturated heterocycles. The second kappa shape index (κ2) is 5.58. The fourth-order valence-electron chi connectivity index (χ4n) is 1.82. The molecule has 0 atom stereocenters. The average molecular weight is 286 g/mol. The number of hydrogen-bond acceptors (Lipinski definition) is 5. The van der Waals surface area contributed by atoms with Crippen LogP contribution in [0.4, 0.5) is 5.69 Å². The van der Waals surface area contributed by atoms with E-state index < -0.39 is 4.92 Å². The summed E-state index contributed by atoms with van der Waals surface area (Å²) < 4.78 is 5.63. The number of nitrogens with zero attached hydrogens (tertiary/aromatic N) is 2. The first-order valence-corrected chi connectivity index (χ1v) is 6.13. The van der Waals surface area contributed by atoms with E-state index in [1.165, 1.54) is 6.07 Å². The molecule has 7 heteroatoms. The highest BCUT2D eigenvalue weighted by Gasteiger charge is 2.15. The van der Waals surface area contributed by atoms with Gasteiger partial charge in [0.2, 0.25) is 5.88 Å². The smallest absolute Gasteiger partial charge is 0.272 e.